The zero-order valence-electron chi connectivity index (χ0n) is 13.5. The number of methoxy groups -OCH3 is 1. The summed E-state index contributed by atoms with van der Waals surface area (Å²) in [6, 6.07) is 3.97. The molecule has 1 aromatic carbocycles. The average molecular weight is 302 g/mol. The van der Waals surface area contributed by atoms with Gasteiger partial charge < -0.3 is 14.9 Å². The Bertz CT molecular complexity index is 597. The van der Waals surface area contributed by atoms with Crippen LogP contribution in [0.2, 0.25) is 0 Å². The average Bonchev–Trinajstić information content (AvgIpc) is 2.82. The maximum Gasteiger partial charge on any atom is 0.160 e. The number of phenols is 1. The van der Waals surface area contributed by atoms with Crippen LogP contribution in [0.5, 0.6) is 11.5 Å². The Hall–Kier alpha value is -1.22. The van der Waals surface area contributed by atoms with Crippen molar-refractivity contribution in [1.82, 2.24) is 0 Å². The minimum atomic E-state index is -0.116. The predicted molar refractivity (Wildman–Crippen MR) is 85.3 cm³/mol. The quantitative estimate of drug-likeness (QED) is 0.833. The Labute approximate surface area is 132 Å². The van der Waals surface area contributed by atoms with Gasteiger partial charge in [0.05, 0.1) is 13.2 Å². The summed E-state index contributed by atoms with van der Waals surface area (Å²) >= 11 is 0. The molecule has 2 saturated carbocycles. The lowest BCUT2D eigenvalue weighted by atomic mass is 9.55. The summed E-state index contributed by atoms with van der Waals surface area (Å²) < 4.78 is 5.32. The van der Waals surface area contributed by atoms with Crippen LogP contribution in [0.1, 0.15) is 56.1 Å². The number of rotatable bonds is 1. The van der Waals surface area contributed by atoms with E-state index in [2.05, 4.69) is 13.0 Å². The van der Waals surface area contributed by atoms with Gasteiger partial charge in [0.15, 0.2) is 11.5 Å². The molecule has 2 N–H and O–H groups in total. The Morgan fingerprint density at radius 1 is 1.18 bits per heavy atom. The number of aliphatic hydroxyl groups excluding tert-OH is 1. The highest BCUT2D eigenvalue weighted by atomic mass is 16.5. The van der Waals surface area contributed by atoms with E-state index in [1.807, 2.05) is 6.07 Å². The van der Waals surface area contributed by atoms with Gasteiger partial charge in [-0.05, 0) is 85.0 Å². The Kier molecular flexibility index (Phi) is 3.19. The van der Waals surface area contributed by atoms with E-state index in [-0.39, 0.29) is 17.3 Å². The van der Waals surface area contributed by atoms with Gasteiger partial charge in [-0.1, -0.05) is 6.92 Å². The van der Waals surface area contributed by atoms with Gasteiger partial charge in [-0.25, -0.2) is 0 Å². The molecule has 0 aliphatic heterocycles. The van der Waals surface area contributed by atoms with Crippen LogP contribution < -0.4 is 4.74 Å². The third-order valence-corrected chi connectivity index (χ3v) is 6.97. The van der Waals surface area contributed by atoms with Crippen molar-refractivity contribution in [3.63, 3.8) is 0 Å². The largest absolute Gasteiger partial charge is 0.504 e. The first-order valence-corrected chi connectivity index (χ1v) is 8.62. The van der Waals surface area contributed by atoms with E-state index in [1.54, 1.807) is 7.11 Å². The summed E-state index contributed by atoms with van der Waals surface area (Å²) in [5.41, 5.74) is 2.80. The van der Waals surface area contributed by atoms with Crippen LogP contribution in [0.4, 0.5) is 0 Å². The summed E-state index contributed by atoms with van der Waals surface area (Å²) in [4.78, 5) is 0. The first kappa shape index (κ1) is 14.4. The van der Waals surface area contributed by atoms with Crippen molar-refractivity contribution in [3.8, 4) is 11.5 Å². The monoisotopic (exact) mass is 302 g/mol. The molecule has 3 aliphatic carbocycles. The molecule has 0 amide bonds. The molecule has 5 atom stereocenters. The third kappa shape index (κ3) is 1.84. The smallest absolute Gasteiger partial charge is 0.160 e. The first-order chi connectivity index (χ1) is 10.5. The molecular weight excluding hydrogens is 276 g/mol. The molecule has 1 aromatic rings. The van der Waals surface area contributed by atoms with E-state index < -0.39 is 0 Å². The Balaban J connectivity index is 1.72. The summed E-state index contributed by atoms with van der Waals surface area (Å²) in [6.45, 7) is 2.30. The van der Waals surface area contributed by atoms with E-state index >= 15 is 0 Å². The van der Waals surface area contributed by atoms with Gasteiger partial charge in [0.25, 0.3) is 0 Å². The molecule has 22 heavy (non-hydrogen) atoms. The fourth-order valence-electron chi connectivity index (χ4n) is 5.72. The number of aliphatic hydroxyl groups is 1. The standard InChI is InChI=1S/C19H26O3/c1-19-8-7-12-13(15(19)5-6-18(19)21)4-3-11-9-16(20)17(22-2)10-14(11)12/h9-10,12-13,15,18,20-21H,3-8H2,1-2H3/t12-,13+,15+,18-,19+/m0/s1. The highest BCUT2D eigenvalue weighted by Gasteiger charge is 2.54. The van der Waals surface area contributed by atoms with Crippen molar-refractivity contribution < 1.29 is 14.9 Å². The molecular formula is C19H26O3. The van der Waals surface area contributed by atoms with E-state index in [0.717, 1.165) is 25.7 Å². The van der Waals surface area contributed by atoms with Gasteiger partial charge in [0, 0.05) is 0 Å². The molecule has 0 aromatic heterocycles. The number of hydrogen-bond donors (Lipinski definition) is 2. The maximum atomic E-state index is 10.4. The number of hydrogen-bond acceptors (Lipinski definition) is 3. The van der Waals surface area contributed by atoms with Gasteiger partial charge in [-0.2, -0.15) is 0 Å². The van der Waals surface area contributed by atoms with E-state index in [1.165, 1.54) is 24.0 Å². The summed E-state index contributed by atoms with van der Waals surface area (Å²) in [6.07, 6.45) is 6.51. The van der Waals surface area contributed by atoms with Crippen LogP contribution in [-0.4, -0.2) is 23.4 Å². The number of benzene rings is 1. The van der Waals surface area contributed by atoms with Crippen LogP contribution in [0.25, 0.3) is 0 Å². The zero-order chi connectivity index (χ0) is 15.5. The van der Waals surface area contributed by atoms with Crippen LogP contribution >= 0.6 is 0 Å². The molecule has 0 unspecified atom stereocenters. The molecule has 0 spiro atoms. The predicted octanol–water partition coefficient (Wildman–Crippen LogP) is 3.62. The van der Waals surface area contributed by atoms with Crippen molar-refractivity contribution in [2.45, 2.75) is 57.5 Å². The molecule has 4 rings (SSSR count). The number of ether oxygens (including phenoxy) is 1. The molecule has 2 fully saturated rings. The lowest BCUT2D eigenvalue weighted by molar-refractivity contribution is -0.0226. The first-order valence-electron chi connectivity index (χ1n) is 8.62. The topological polar surface area (TPSA) is 49.7 Å². The van der Waals surface area contributed by atoms with Crippen LogP contribution in [0.3, 0.4) is 0 Å². The minimum absolute atomic E-state index is 0.116. The molecule has 0 saturated heterocycles. The summed E-state index contributed by atoms with van der Waals surface area (Å²) in [5.74, 6) is 2.75. The summed E-state index contributed by atoms with van der Waals surface area (Å²) in [7, 11) is 1.62. The van der Waals surface area contributed by atoms with Crippen molar-refractivity contribution in [3.05, 3.63) is 23.3 Å². The summed E-state index contributed by atoms with van der Waals surface area (Å²) in [5, 5.41) is 20.5. The fourth-order valence-corrected chi connectivity index (χ4v) is 5.72. The SMILES string of the molecule is COc1cc2c(cc1O)CC[C@@H]1[C@@H]2CC[C@]2(C)[C@@H]1CC[C@@H]2O. The fraction of sp³-hybridized carbons (Fsp3) is 0.684. The third-order valence-electron chi connectivity index (χ3n) is 6.97. The number of fused-ring (bicyclic) bond motifs is 5. The number of aryl methyl sites for hydroxylation is 1. The molecule has 120 valence electrons. The van der Waals surface area contributed by atoms with E-state index in [0.29, 0.717) is 23.5 Å². The van der Waals surface area contributed by atoms with Gasteiger partial charge in [-0.3, -0.25) is 0 Å². The lowest BCUT2D eigenvalue weighted by Gasteiger charge is -2.50. The molecule has 3 aliphatic rings. The van der Waals surface area contributed by atoms with Crippen molar-refractivity contribution >= 4 is 0 Å². The van der Waals surface area contributed by atoms with Crippen molar-refractivity contribution in [2.75, 3.05) is 7.11 Å². The molecule has 3 heteroatoms. The second-order valence-electron chi connectivity index (χ2n) is 7.78. The van der Waals surface area contributed by atoms with Gasteiger partial charge in [0.1, 0.15) is 0 Å². The van der Waals surface area contributed by atoms with Crippen molar-refractivity contribution in [2.24, 2.45) is 17.3 Å². The number of phenolic OH excluding ortho intramolecular Hbond substituents is 1. The Morgan fingerprint density at radius 2 is 2.00 bits per heavy atom. The van der Waals surface area contributed by atoms with Crippen molar-refractivity contribution in [1.29, 1.82) is 0 Å². The second-order valence-corrected chi connectivity index (χ2v) is 7.78. The van der Waals surface area contributed by atoms with Gasteiger partial charge >= 0.3 is 0 Å². The maximum absolute atomic E-state index is 10.4. The highest BCUT2D eigenvalue weighted by Crippen LogP contribution is 2.61. The second kappa shape index (κ2) is 4.89. The lowest BCUT2D eigenvalue weighted by Crippen LogP contribution is -2.43. The van der Waals surface area contributed by atoms with Crippen LogP contribution in [0.15, 0.2) is 12.1 Å². The van der Waals surface area contributed by atoms with Crippen LogP contribution in [0, 0.1) is 17.3 Å². The van der Waals surface area contributed by atoms with Gasteiger partial charge in [0.2, 0.25) is 0 Å². The number of aromatic hydroxyl groups is 1. The molecule has 3 nitrogen and oxygen atoms in total. The minimum Gasteiger partial charge on any atom is -0.504 e. The molecule has 0 heterocycles. The zero-order valence-corrected chi connectivity index (χ0v) is 13.5. The van der Waals surface area contributed by atoms with E-state index in [4.69, 9.17) is 4.74 Å². The molecule has 0 bridgehead atoms. The van der Waals surface area contributed by atoms with E-state index in [9.17, 15) is 10.2 Å². The van der Waals surface area contributed by atoms with Crippen LogP contribution in [-0.2, 0) is 6.42 Å². The highest BCUT2D eigenvalue weighted by molar-refractivity contribution is 5.49. The molecule has 0 radical (unpaired) electrons. The normalized spacial score (nSPS) is 39.8. The Morgan fingerprint density at radius 3 is 2.77 bits per heavy atom. The van der Waals surface area contributed by atoms with Gasteiger partial charge in [-0.15, -0.1) is 0 Å².